The summed E-state index contributed by atoms with van der Waals surface area (Å²) in [6.45, 7) is 11.4. The first-order valence-electron chi connectivity index (χ1n) is 12.2. The number of aliphatic hydroxyl groups excluding tert-OH is 1. The monoisotopic (exact) mass is 703 g/mol. The van der Waals surface area contributed by atoms with E-state index in [1.54, 1.807) is 0 Å². The quantitative estimate of drug-likeness (QED) is 0.0782. The molecule has 266 valence electrons. The van der Waals surface area contributed by atoms with Crippen molar-refractivity contribution in [3.8, 4) is 0 Å². The molecule has 0 saturated carbocycles. The Balaban J connectivity index is -0.000000171. The molecule has 0 fully saturated rings. The molecule has 0 unspecified atom stereocenters. The number of esters is 1. The maximum atomic E-state index is 13.0. The topological polar surface area (TPSA) is 89.6 Å². The molecule has 0 spiro atoms. The van der Waals surface area contributed by atoms with Gasteiger partial charge in [-0.25, -0.2) is 13.6 Å². The van der Waals surface area contributed by atoms with Crippen molar-refractivity contribution in [2.45, 2.75) is 95.3 Å². The summed E-state index contributed by atoms with van der Waals surface area (Å²) >= 11 is 4.71. The third-order valence-electron chi connectivity index (χ3n) is 4.21. The summed E-state index contributed by atoms with van der Waals surface area (Å²) in [6.07, 6.45) is -25.3. The molecule has 0 bridgehead atoms. The number of ether oxygens (including phenoxy) is 1. The number of alkyl halides is 14. The van der Waals surface area contributed by atoms with Crippen LogP contribution in [0.5, 0.6) is 0 Å². The number of allylic oxidation sites excluding steroid dienone is 1. The number of carbonyl (C=O) groups is 2. The number of halogens is 15. The molecule has 0 atom stereocenters. The number of rotatable bonds is 10. The average Bonchev–Trinajstić information content (AvgIpc) is 2.88. The maximum Gasteiger partial charge on any atom is 0.431 e. The minimum absolute atomic E-state index is 0.509. The Bertz CT molecular complexity index is 753. The standard InChI is InChI=1S/C9H9F7O2.C6H7F7O.C4H10.C3H3ClO.C2H7N/c1-2-6(17)18-5-3-4-7(10,8(11,12)13)9(14,15)16;7-4(2-1-3-14,5(8,9)10)6(11,12)13;1-3-4-2;1-2-3(4)5;1-2-3/h2H,1,3-5H2;14H,1-3H2;3-4H2,1-2H3;2H,1H2;2-3H2,1H3. The van der Waals surface area contributed by atoms with Crippen LogP contribution in [-0.2, 0) is 14.3 Å². The zero-order valence-corrected chi connectivity index (χ0v) is 24.6. The van der Waals surface area contributed by atoms with Gasteiger partial charge in [0.1, 0.15) is 0 Å². The minimum Gasteiger partial charge on any atom is -0.463 e. The van der Waals surface area contributed by atoms with Crippen molar-refractivity contribution in [2.24, 2.45) is 5.73 Å². The van der Waals surface area contributed by atoms with Crippen LogP contribution in [0.4, 0.5) is 61.5 Å². The van der Waals surface area contributed by atoms with E-state index in [1.165, 1.54) is 12.8 Å². The molecule has 20 heteroatoms. The molecule has 0 aliphatic heterocycles. The Morgan fingerprint density at radius 3 is 1.16 bits per heavy atom. The van der Waals surface area contributed by atoms with Gasteiger partial charge >= 0.3 is 30.7 Å². The summed E-state index contributed by atoms with van der Waals surface area (Å²) in [5.74, 6) is -1.02. The number of unbranched alkanes of at least 4 members (excludes halogenated alkanes) is 1. The van der Waals surface area contributed by atoms with Gasteiger partial charge < -0.3 is 15.6 Å². The molecule has 0 aliphatic carbocycles. The molecule has 0 amide bonds. The summed E-state index contributed by atoms with van der Waals surface area (Å²) in [7, 11) is 0. The molecule has 0 aromatic heterocycles. The van der Waals surface area contributed by atoms with Crippen LogP contribution < -0.4 is 5.73 Å². The molecule has 0 saturated heterocycles. The first kappa shape index (κ1) is 51.4. The van der Waals surface area contributed by atoms with Crippen molar-refractivity contribution in [2.75, 3.05) is 19.8 Å². The van der Waals surface area contributed by atoms with Crippen molar-refractivity contribution >= 4 is 22.8 Å². The lowest BCUT2D eigenvalue weighted by atomic mass is 9.98. The van der Waals surface area contributed by atoms with Crippen LogP contribution in [-0.4, -0.2) is 72.1 Å². The number of hydrogen-bond donors (Lipinski definition) is 2. The Morgan fingerprint density at radius 1 is 0.705 bits per heavy atom. The summed E-state index contributed by atoms with van der Waals surface area (Å²) in [5, 5.41) is 7.55. The fourth-order valence-electron chi connectivity index (χ4n) is 1.76. The van der Waals surface area contributed by atoms with Crippen LogP contribution in [0, 0.1) is 0 Å². The highest BCUT2D eigenvalue weighted by atomic mass is 35.5. The Morgan fingerprint density at radius 2 is 0.977 bits per heavy atom. The Kier molecular flexibility index (Phi) is 28.2. The summed E-state index contributed by atoms with van der Waals surface area (Å²) in [5.41, 5.74) is -5.69. The lowest BCUT2D eigenvalue weighted by Crippen LogP contribution is -2.53. The van der Waals surface area contributed by atoms with Gasteiger partial charge in [-0.15, -0.1) is 0 Å². The largest absolute Gasteiger partial charge is 0.463 e. The van der Waals surface area contributed by atoms with E-state index in [0.29, 0.717) is 6.08 Å². The van der Waals surface area contributed by atoms with Gasteiger partial charge in [-0.05, 0) is 37.1 Å². The van der Waals surface area contributed by atoms with E-state index >= 15 is 0 Å². The maximum absolute atomic E-state index is 13.0. The van der Waals surface area contributed by atoms with E-state index < -0.39 is 86.2 Å². The molecule has 44 heavy (non-hydrogen) atoms. The average molecular weight is 704 g/mol. The number of hydrogen-bond acceptors (Lipinski definition) is 5. The van der Waals surface area contributed by atoms with Crippen LogP contribution in [0.2, 0.25) is 0 Å². The number of aliphatic hydroxyl groups is 1. The number of nitrogens with two attached hydrogens (primary N) is 1. The normalized spacial score (nSPS) is 11.9. The second kappa shape index (κ2) is 24.1. The van der Waals surface area contributed by atoms with Crippen LogP contribution in [0.3, 0.4) is 0 Å². The molecule has 0 aromatic rings. The second-order valence-corrected chi connectivity index (χ2v) is 8.18. The SMILES string of the molecule is C=CC(=O)Cl.C=CC(=O)OCCCC(F)(C(F)(F)F)C(F)(F)F.CCCC.CCN.OCCCC(F)(C(F)(F)F)C(F)(F)F. The third-order valence-corrected chi connectivity index (χ3v) is 4.37. The fourth-order valence-corrected chi connectivity index (χ4v) is 1.76. The molecular weight excluding hydrogens is 668 g/mol. The molecule has 0 heterocycles. The van der Waals surface area contributed by atoms with Gasteiger partial charge in [-0.2, -0.15) is 52.7 Å². The molecule has 5 nitrogen and oxygen atoms in total. The molecule has 0 aromatic carbocycles. The Hall–Kier alpha value is -2.15. The van der Waals surface area contributed by atoms with Crippen LogP contribution in [0.15, 0.2) is 25.3 Å². The second-order valence-electron chi connectivity index (χ2n) is 7.81. The van der Waals surface area contributed by atoms with E-state index in [-0.39, 0.29) is 0 Å². The van der Waals surface area contributed by atoms with Gasteiger partial charge in [0.2, 0.25) is 5.24 Å². The van der Waals surface area contributed by atoms with Gasteiger partial charge in [-0.3, -0.25) is 4.79 Å². The highest BCUT2D eigenvalue weighted by Gasteiger charge is 2.72. The Labute approximate surface area is 250 Å². The highest BCUT2D eigenvalue weighted by Crippen LogP contribution is 2.49. The van der Waals surface area contributed by atoms with Gasteiger partial charge in [0, 0.05) is 25.5 Å². The van der Waals surface area contributed by atoms with Gasteiger partial charge in [-0.1, -0.05) is 46.8 Å². The zero-order chi connectivity index (χ0) is 36.6. The van der Waals surface area contributed by atoms with Crippen molar-refractivity contribution in [3.05, 3.63) is 25.3 Å². The van der Waals surface area contributed by atoms with Gasteiger partial charge in [0.05, 0.1) is 6.61 Å². The third kappa shape index (κ3) is 22.4. The smallest absolute Gasteiger partial charge is 0.431 e. The lowest BCUT2D eigenvalue weighted by Gasteiger charge is -2.29. The summed E-state index contributed by atoms with van der Waals surface area (Å²) in [4.78, 5) is 19.9. The van der Waals surface area contributed by atoms with Crippen LogP contribution in [0.1, 0.15) is 59.3 Å². The summed E-state index contributed by atoms with van der Waals surface area (Å²) < 4.78 is 172. The number of carbonyl (C=O) groups excluding carboxylic acids is 2. The molecule has 0 radical (unpaired) electrons. The van der Waals surface area contributed by atoms with E-state index in [0.717, 1.165) is 12.6 Å². The van der Waals surface area contributed by atoms with E-state index in [4.69, 9.17) is 22.4 Å². The molecule has 3 N–H and O–H groups in total. The molecule has 0 rings (SSSR count). The lowest BCUT2D eigenvalue weighted by molar-refractivity contribution is -0.344. The minimum atomic E-state index is -6.08. The van der Waals surface area contributed by atoms with Gasteiger partial charge in [0.25, 0.3) is 11.3 Å². The van der Waals surface area contributed by atoms with Crippen LogP contribution >= 0.6 is 11.6 Å². The van der Waals surface area contributed by atoms with E-state index in [1.807, 2.05) is 6.92 Å². The predicted octanol–water partition coefficient (Wildman–Crippen LogP) is 8.63. The van der Waals surface area contributed by atoms with Crippen molar-refractivity contribution in [1.82, 2.24) is 0 Å². The summed E-state index contributed by atoms with van der Waals surface area (Å²) in [6, 6.07) is 0. The van der Waals surface area contributed by atoms with Crippen LogP contribution in [0.25, 0.3) is 0 Å². The van der Waals surface area contributed by atoms with Crippen molar-refractivity contribution in [3.63, 3.8) is 0 Å². The van der Waals surface area contributed by atoms with E-state index in [2.05, 4.69) is 31.7 Å². The molecule has 0 aliphatic rings. The zero-order valence-electron chi connectivity index (χ0n) is 23.9. The first-order valence-corrected chi connectivity index (χ1v) is 12.6. The predicted molar refractivity (Wildman–Crippen MR) is 135 cm³/mol. The van der Waals surface area contributed by atoms with Gasteiger partial charge in [0.15, 0.2) is 0 Å². The highest BCUT2D eigenvalue weighted by molar-refractivity contribution is 6.66. The molecular formula is C24H36ClF14NO4. The van der Waals surface area contributed by atoms with E-state index in [9.17, 15) is 71.1 Å². The van der Waals surface area contributed by atoms with Crippen molar-refractivity contribution < 1.29 is 80.9 Å². The van der Waals surface area contributed by atoms with Crippen molar-refractivity contribution in [1.29, 1.82) is 0 Å². The first-order chi connectivity index (χ1) is 19.6. The fraction of sp³-hybridized carbons (Fsp3) is 0.750.